The largest absolute Gasteiger partial charge is 0.347 e. The first-order valence-corrected chi connectivity index (χ1v) is 6.26. The Balaban J connectivity index is 2.20. The average molecular weight is 268 g/mol. The number of carbonyl (C=O) groups is 1. The Morgan fingerprint density at radius 2 is 2.05 bits per heavy atom. The summed E-state index contributed by atoms with van der Waals surface area (Å²) in [6, 6.07) is 11.3. The Hall–Kier alpha value is -2.69. The molecule has 5 nitrogen and oxygen atoms in total. The highest BCUT2D eigenvalue weighted by Gasteiger charge is 2.09. The number of anilines is 2. The van der Waals surface area contributed by atoms with Gasteiger partial charge in [-0.1, -0.05) is 24.3 Å². The van der Waals surface area contributed by atoms with Crippen molar-refractivity contribution in [3.05, 3.63) is 60.6 Å². The fraction of sp³-hybridized carbons (Fsp3) is 0.133. The van der Waals surface area contributed by atoms with Gasteiger partial charge in [-0.3, -0.25) is 4.79 Å². The van der Waals surface area contributed by atoms with Crippen LogP contribution in [0.3, 0.4) is 0 Å². The number of nitrogens with zero attached hydrogens (tertiary/aromatic N) is 2. The normalized spacial score (nSPS) is 9.85. The predicted octanol–water partition coefficient (Wildman–Crippen LogP) is 2.44. The summed E-state index contributed by atoms with van der Waals surface area (Å²) in [5.41, 5.74) is 1.24. The van der Waals surface area contributed by atoms with Gasteiger partial charge >= 0.3 is 0 Å². The Labute approximate surface area is 117 Å². The molecule has 0 atom stereocenters. The molecule has 20 heavy (non-hydrogen) atoms. The SMILES string of the molecule is C=CCNC(=O)c1cc(Nc2ccccc2)nc(C)n1. The number of carbonyl (C=O) groups excluding carboxylic acids is 1. The number of aryl methyl sites for hydroxylation is 1. The summed E-state index contributed by atoms with van der Waals surface area (Å²) >= 11 is 0. The molecule has 0 bridgehead atoms. The lowest BCUT2D eigenvalue weighted by Crippen LogP contribution is -2.24. The minimum absolute atomic E-state index is 0.244. The summed E-state index contributed by atoms with van der Waals surface area (Å²) < 4.78 is 0. The molecule has 1 aromatic carbocycles. The molecule has 0 aliphatic heterocycles. The van der Waals surface area contributed by atoms with Crippen LogP contribution in [0.1, 0.15) is 16.3 Å². The Morgan fingerprint density at radius 1 is 1.30 bits per heavy atom. The lowest BCUT2D eigenvalue weighted by molar-refractivity contribution is 0.0952. The lowest BCUT2D eigenvalue weighted by Gasteiger charge is -2.08. The molecular weight excluding hydrogens is 252 g/mol. The highest BCUT2D eigenvalue weighted by molar-refractivity contribution is 5.93. The van der Waals surface area contributed by atoms with Crippen LogP contribution in [-0.2, 0) is 0 Å². The second kappa shape index (κ2) is 6.47. The maximum absolute atomic E-state index is 11.9. The second-order valence-corrected chi connectivity index (χ2v) is 4.18. The van der Waals surface area contributed by atoms with Gasteiger partial charge in [0.15, 0.2) is 0 Å². The van der Waals surface area contributed by atoms with Crippen molar-refractivity contribution < 1.29 is 4.79 Å². The van der Waals surface area contributed by atoms with Crippen LogP contribution in [0.2, 0.25) is 0 Å². The van der Waals surface area contributed by atoms with Crippen LogP contribution in [0.4, 0.5) is 11.5 Å². The summed E-state index contributed by atoms with van der Waals surface area (Å²) in [6.07, 6.45) is 1.62. The van der Waals surface area contributed by atoms with Gasteiger partial charge in [-0.05, 0) is 19.1 Å². The number of aromatic nitrogens is 2. The Bertz CT molecular complexity index is 611. The molecule has 0 fully saturated rings. The fourth-order valence-corrected chi connectivity index (χ4v) is 1.67. The number of rotatable bonds is 5. The quantitative estimate of drug-likeness (QED) is 0.817. The van der Waals surface area contributed by atoms with Crippen molar-refractivity contribution in [2.75, 3.05) is 11.9 Å². The molecular formula is C15H16N4O. The van der Waals surface area contributed by atoms with Gasteiger partial charge in [0.1, 0.15) is 17.3 Å². The van der Waals surface area contributed by atoms with Gasteiger partial charge in [-0.25, -0.2) is 9.97 Å². The Kier molecular flexibility index (Phi) is 4.44. The summed E-state index contributed by atoms with van der Waals surface area (Å²) in [5, 5.41) is 5.84. The van der Waals surface area contributed by atoms with Gasteiger partial charge in [-0.15, -0.1) is 6.58 Å². The Morgan fingerprint density at radius 3 is 2.75 bits per heavy atom. The molecule has 0 aliphatic carbocycles. The van der Waals surface area contributed by atoms with E-state index in [4.69, 9.17) is 0 Å². The standard InChI is InChI=1S/C15H16N4O/c1-3-9-16-15(20)13-10-14(18-11(2)17-13)19-12-7-5-4-6-8-12/h3-8,10H,1,9H2,2H3,(H,16,20)(H,17,18,19). The van der Waals surface area contributed by atoms with Gasteiger partial charge in [0.2, 0.25) is 0 Å². The topological polar surface area (TPSA) is 66.9 Å². The molecule has 0 spiro atoms. The molecule has 1 amide bonds. The van der Waals surface area contributed by atoms with Crippen LogP contribution in [0, 0.1) is 6.92 Å². The van der Waals surface area contributed by atoms with Crippen molar-refractivity contribution in [1.29, 1.82) is 0 Å². The number of nitrogens with one attached hydrogen (secondary N) is 2. The van der Waals surface area contributed by atoms with Gasteiger partial charge in [0, 0.05) is 18.3 Å². The van der Waals surface area contributed by atoms with Gasteiger partial charge in [0.05, 0.1) is 0 Å². The number of para-hydroxylation sites is 1. The molecule has 2 aromatic rings. The molecule has 1 aromatic heterocycles. The third kappa shape index (κ3) is 3.65. The molecule has 0 aliphatic rings. The van der Waals surface area contributed by atoms with E-state index in [1.807, 2.05) is 30.3 Å². The van der Waals surface area contributed by atoms with Crippen molar-refractivity contribution in [3.63, 3.8) is 0 Å². The maximum atomic E-state index is 11.9. The van der Waals surface area contributed by atoms with Crippen LogP contribution in [0.5, 0.6) is 0 Å². The lowest BCUT2D eigenvalue weighted by atomic mass is 10.3. The van der Waals surface area contributed by atoms with E-state index in [2.05, 4.69) is 27.2 Å². The maximum Gasteiger partial charge on any atom is 0.270 e. The molecule has 1 heterocycles. The summed E-state index contributed by atoms with van der Waals surface area (Å²) in [7, 11) is 0. The molecule has 0 saturated heterocycles. The van der Waals surface area contributed by atoms with Crippen molar-refractivity contribution in [2.45, 2.75) is 6.92 Å². The van der Waals surface area contributed by atoms with E-state index in [0.717, 1.165) is 5.69 Å². The molecule has 2 N–H and O–H groups in total. The minimum Gasteiger partial charge on any atom is -0.347 e. The predicted molar refractivity (Wildman–Crippen MR) is 79.0 cm³/mol. The third-order valence-corrected chi connectivity index (χ3v) is 2.52. The summed E-state index contributed by atoms with van der Waals surface area (Å²) in [4.78, 5) is 20.3. The first-order valence-electron chi connectivity index (χ1n) is 6.26. The van der Waals surface area contributed by atoms with E-state index < -0.39 is 0 Å². The molecule has 5 heteroatoms. The molecule has 2 rings (SSSR count). The summed E-state index contributed by atoms with van der Waals surface area (Å²) in [5.74, 6) is 0.883. The van der Waals surface area contributed by atoms with E-state index in [0.29, 0.717) is 23.9 Å². The van der Waals surface area contributed by atoms with E-state index in [1.165, 1.54) is 0 Å². The smallest absolute Gasteiger partial charge is 0.270 e. The zero-order chi connectivity index (χ0) is 14.4. The average Bonchev–Trinajstić information content (AvgIpc) is 2.45. The fourth-order valence-electron chi connectivity index (χ4n) is 1.67. The first-order chi connectivity index (χ1) is 9.69. The number of benzene rings is 1. The van der Waals surface area contributed by atoms with Crippen molar-refractivity contribution in [1.82, 2.24) is 15.3 Å². The molecule has 0 saturated carbocycles. The van der Waals surface area contributed by atoms with Crippen LogP contribution in [0.25, 0.3) is 0 Å². The van der Waals surface area contributed by atoms with E-state index in [1.54, 1.807) is 19.1 Å². The van der Waals surface area contributed by atoms with Crippen LogP contribution >= 0.6 is 0 Å². The number of amides is 1. The number of hydrogen-bond acceptors (Lipinski definition) is 4. The highest BCUT2D eigenvalue weighted by Crippen LogP contribution is 2.14. The zero-order valence-corrected chi connectivity index (χ0v) is 11.3. The number of hydrogen-bond donors (Lipinski definition) is 2. The monoisotopic (exact) mass is 268 g/mol. The highest BCUT2D eigenvalue weighted by atomic mass is 16.1. The summed E-state index contributed by atoms with van der Waals surface area (Å²) in [6.45, 7) is 5.71. The minimum atomic E-state index is -0.244. The van der Waals surface area contributed by atoms with E-state index in [9.17, 15) is 4.79 Å². The first kappa shape index (κ1) is 13.7. The van der Waals surface area contributed by atoms with Crippen LogP contribution in [0.15, 0.2) is 49.1 Å². The van der Waals surface area contributed by atoms with Crippen molar-refractivity contribution in [3.8, 4) is 0 Å². The second-order valence-electron chi connectivity index (χ2n) is 4.18. The van der Waals surface area contributed by atoms with Gasteiger partial charge in [-0.2, -0.15) is 0 Å². The van der Waals surface area contributed by atoms with Crippen LogP contribution < -0.4 is 10.6 Å². The van der Waals surface area contributed by atoms with Crippen molar-refractivity contribution >= 4 is 17.4 Å². The molecule has 102 valence electrons. The van der Waals surface area contributed by atoms with Gasteiger partial charge < -0.3 is 10.6 Å². The van der Waals surface area contributed by atoms with Crippen molar-refractivity contribution in [2.24, 2.45) is 0 Å². The zero-order valence-electron chi connectivity index (χ0n) is 11.3. The van der Waals surface area contributed by atoms with Gasteiger partial charge in [0.25, 0.3) is 5.91 Å². The van der Waals surface area contributed by atoms with E-state index in [-0.39, 0.29) is 5.91 Å². The van der Waals surface area contributed by atoms with Crippen LogP contribution in [-0.4, -0.2) is 22.4 Å². The third-order valence-electron chi connectivity index (χ3n) is 2.52. The molecule has 0 radical (unpaired) electrons. The van der Waals surface area contributed by atoms with E-state index >= 15 is 0 Å². The molecule has 0 unspecified atom stereocenters.